The van der Waals surface area contributed by atoms with Crippen LogP contribution in [0.1, 0.15) is 22.3 Å². The van der Waals surface area contributed by atoms with Crippen molar-refractivity contribution in [1.82, 2.24) is 0 Å². The number of fused-ring (bicyclic) bond motifs is 1. The van der Waals surface area contributed by atoms with Gasteiger partial charge in [0.05, 0.1) is 19.1 Å². The van der Waals surface area contributed by atoms with Crippen LogP contribution in [0, 0.1) is 20.8 Å². The number of amides is 1. The molecule has 0 bridgehead atoms. The summed E-state index contributed by atoms with van der Waals surface area (Å²) in [6, 6.07) is 10.7. The summed E-state index contributed by atoms with van der Waals surface area (Å²) in [6.07, 6.45) is -0.155. The standard InChI is InChI=1S/C23H23NO6/c1-13-7-14(2)9-16(8-13)24-21(25)12-29-17-5-6-18-15(3)19(11-22(26)28-4)23(27)30-20(18)10-17/h5-10H,11-12H2,1-4H3,(H,24,25). The molecule has 0 spiro atoms. The molecular formula is C23H23NO6. The molecular weight excluding hydrogens is 386 g/mol. The van der Waals surface area contributed by atoms with Crippen molar-refractivity contribution in [3.8, 4) is 5.75 Å². The highest BCUT2D eigenvalue weighted by molar-refractivity contribution is 5.92. The molecule has 0 fully saturated rings. The van der Waals surface area contributed by atoms with Gasteiger partial charge in [-0.15, -0.1) is 0 Å². The van der Waals surface area contributed by atoms with Gasteiger partial charge in [0.15, 0.2) is 6.61 Å². The lowest BCUT2D eigenvalue weighted by Crippen LogP contribution is -2.20. The van der Waals surface area contributed by atoms with Crippen LogP contribution in [-0.2, 0) is 20.7 Å². The summed E-state index contributed by atoms with van der Waals surface area (Å²) in [6.45, 7) is 5.47. The number of hydrogen-bond acceptors (Lipinski definition) is 6. The summed E-state index contributed by atoms with van der Waals surface area (Å²) < 4.78 is 15.5. The quantitative estimate of drug-likeness (QED) is 0.495. The molecule has 1 amide bonds. The van der Waals surface area contributed by atoms with Crippen LogP contribution < -0.4 is 15.7 Å². The number of nitrogens with one attached hydrogen (secondary N) is 1. The average Bonchev–Trinajstić information content (AvgIpc) is 2.68. The first-order valence-electron chi connectivity index (χ1n) is 9.41. The van der Waals surface area contributed by atoms with Gasteiger partial charge in [0, 0.05) is 17.1 Å². The number of ether oxygens (including phenoxy) is 2. The molecule has 0 saturated carbocycles. The average molecular weight is 409 g/mol. The van der Waals surface area contributed by atoms with Gasteiger partial charge in [-0.2, -0.15) is 0 Å². The number of anilines is 1. The Balaban J connectivity index is 1.74. The van der Waals surface area contributed by atoms with Crippen LogP contribution in [0.2, 0.25) is 0 Å². The van der Waals surface area contributed by atoms with Crippen molar-refractivity contribution in [1.29, 1.82) is 0 Å². The monoisotopic (exact) mass is 409 g/mol. The molecule has 0 aliphatic heterocycles. The summed E-state index contributed by atoms with van der Waals surface area (Å²) in [4.78, 5) is 36.0. The normalized spacial score (nSPS) is 10.7. The molecule has 0 atom stereocenters. The zero-order valence-corrected chi connectivity index (χ0v) is 17.3. The molecule has 1 N–H and O–H groups in total. The molecule has 0 saturated heterocycles. The van der Waals surface area contributed by atoms with Crippen LogP contribution in [0.3, 0.4) is 0 Å². The third-order valence-corrected chi connectivity index (χ3v) is 4.68. The van der Waals surface area contributed by atoms with Crippen LogP contribution >= 0.6 is 0 Å². The number of carbonyl (C=O) groups is 2. The second-order valence-corrected chi connectivity index (χ2v) is 7.12. The van der Waals surface area contributed by atoms with Gasteiger partial charge in [0.25, 0.3) is 5.91 Å². The van der Waals surface area contributed by atoms with Crippen molar-refractivity contribution in [3.05, 3.63) is 69.1 Å². The fourth-order valence-corrected chi connectivity index (χ4v) is 3.28. The number of rotatable bonds is 6. The molecule has 7 heteroatoms. The maximum absolute atomic E-state index is 12.3. The maximum Gasteiger partial charge on any atom is 0.340 e. The Hall–Kier alpha value is -3.61. The Labute approximate surface area is 173 Å². The lowest BCUT2D eigenvalue weighted by Gasteiger charge is -2.11. The van der Waals surface area contributed by atoms with Gasteiger partial charge in [-0.1, -0.05) is 6.07 Å². The van der Waals surface area contributed by atoms with E-state index in [0.29, 0.717) is 28.0 Å². The maximum atomic E-state index is 12.3. The smallest absolute Gasteiger partial charge is 0.340 e. The van der Waals surface area contributed by atoms with Crippen molar-refractivity contribution in [3.63, 3.8) is 0 Å². The van der Waals surface area contributed by atoms with Gasteiger partial charge in [0.2, 0.25) is 0 Å². The van der Waals surface area contributed by atoms with E-state index in [1.54, 1.807) is 25.1 Å². The minimum absolute atomic E-state index is 0.155. The first-order valence-corrected chi connectivity index (χ1v) is 9.41. The van der Waals surface area contributed by atoms with E-state index in [0.717, 1.165) is 11.1 Å². The molecule has 3 aromatic rings. The Morgan fingerprint density at radius 1 is 1.03 bits per heavy atom. The molecule has 0 unspecified atom stereocenters. The summed E-state index contributed by atoms with van der Waals surface area (Å²) in [7, 11) is 1.26. The van der Waals surface area contributed by atoms with Gasteiger partial charge >= 0.3 is 11.6 Å². The fourth-order valence-electron chi connectivity index (χ4n) is 3.28. The van der Waals surface area contributed by atoms with Crippen molar-refractivity contribution in [2.24, 2.45) is 0 Å². The van der Waals surface area contributed by atoms with E-state index in [1.807, 2.05) is 32.0 Å². The van der Waals surface area contributed by atoms with Crippen LogP contribution in [0.5, 0.6) is 5.75 Å². The lowest BCUT2D eigenvalue weighted by molar-refractivity contribution is -0.139. The van der Waals surface area contributed by atoms with Crippen molar-refractivity contribution in [2.45, 2.75) is 27.2 Å². The molecule has 7 nitrogen and oxygen atoms in total. The highest BCUT2D eigenvalue weighted by Gasteiger charge is 2.16. The van der Waals surface area contributed by atoms with E-state index in [1.165, 1.54) is 7.11 Å². The Morgan fingerprint density at radius 2 is 1.73 bits per heavy atom. The highest BCUT2D eigenvalue weighted by Crippen LogP contribution is 2.24. The number of carbonyl (C=O) groups excluding carboxylic acids is 2. The second kappa shape index (κ2) is 8.82. The largest absolute Gasteiger partial charge is 0.484 e. The Morgan fingerprint density at radius 3 is 2.40 bits per heavy atom. The Kier molecular flexibility index (Phi) is 6.20. The molecule has 30 heavy (non-hydrogen) atoms. The van der Waals surface area contributed by atoms with E-state index in [2.05, 4.69) is 10.1 Å². The molecule has 1 aromatic heterocycles. The lowest BCUT2D eigenvalue weighted by atomic mass is 10.0. The minimum atomic E-state index is -0.602. The molecule has 156 valence electrons. The zero-order valence-electron chi connectivity index (χ0n) is 17.3. The minimum Gasteiger partial charge on any atom is -0.484 e. The van der Waals surface area contributed by atoms with Crippen LogP contribution in [0.25, 0.3) is 11.0 Å². The van der Waals surface area contributed by atoms with Crippen LogP contribution in [-0.4, -0.2) is 25.6 Å². The predicted molar refractivity (Wildman–Crippen MR) is 113 cm³/mol. The van der Waals surface area contributed by atoms with Crippen molar-refractivity contribution >= 4 is 28.5 Å². The number of methoxy groups -OCH3 is 1. The summed E-state index contributed by atoms with van der Waals surface area (Å²) >= 11 is 0. The number of esters is 1. The zero-order chi connectivity index (χ0) is 21.8. The van der Waals surface area contributed by atoms with E-state index < -0.39 is 11.6 Å². The summed E-state index contributed by atoms with van der Waals surface area (Å²) in [5.74, 6) is -0.424. The molecule has 0 aliphatic carbocycles. The topological polar surface area (TPSA) is 94.8 Å². The van der Waals surface area contributed by atoms with Gasteiger partial charge in [-0.25, -0.2) is 4.79 Å². The van der Waals surface area contributed by atoms with Crippen LogP contribution in [0.4, 0.5) is 5.69 Å². The number of hydrogen-bond donors (Lipinski definition) is 1. The SMILES string of the molecule is COC(=O)Cc1c(C)c2ccc(OCC(=O)Nc3cc(C)cc(C)c3)cc2oc1=O. The molecule has 0 radical (unpaired) electrons. The van der Waals surface area contributed by atoms with Gasteiger partial charge in [-0.3, -0.25) is 9.59 Å². The summed E-state index contributed by atoms with van der Waals surface area (Å²) in [5.41, 5.74) is 3.44. The second-order valence-electron chi connectivity index (χ2n) is 7.12. The third kappa shape index (κ3) is 4.86. The van der Waals surface area contributed by atoms with E-state index in [-0.39, 0.29) is 24.5 Å². The molecule has 0 aliphatic rings. The predicted octanol–water partition coefficient (Wildman–Crippen LogP) is 3.45. The fraction of sp³-hybridized carbons (Fsp3) is 0.261. The van der Waals surface area contributed by atoms with E-state index in [9.17, 15) is 14.4 Å². The highest BCUT2D eigenvalue weighted by atomic mass is 16.5. The summed E-state index contributed by atoms with van der Waals surface area (Å²) in [5, 5.41) is 3.48. The first kappa shape index (κ1) is 21.1. The van der Waals surface area contributed by atoms with Gasteiger partial charge < -0.3 is 19.2 Å². The third-order valence-electron chi connectivity index (χ3n) is 4.68. The van der Waals surface area contributed by atoms with Crippen LogP contribution in [0.15, 0.2) is 45.6 Å². The van der Waals surface area contributed by atoms with Crippen molar-refractivity contribution < 1.29 is 23.5 Å². The van der Waals surface area contributed by atoms with E-state index >= 15 is 0 Å². The molecule has 3 rings (SSSR count). The Bertz CT molecular complexity index is 1160. The van der Waals surface area contributed by atoms with Gasteiger partial charge in [-0.05, 0) is 61.7 Å². The van der Waals surface area contributed by atoms with Crippen molar-refractivity contribution in [2.75, 3.05) is 19.0 Å². The van der Waals surface area contributed by atoms with Gasteiger partial charge in [0.1, 0.15) is 11.3 Å². The molecule has 1 heterocycles. The molecule has 2 aromatic carbocycles. The number of benzene rings is 2. The number of aryl methyl sites for hydroxylation is 3. The first-order chi connectivity index (χ1) is 14.3. The van der Waals surface area contributed by atoms with E-state index in [4.69, 9.17) is 9.15 Å².